The van der Waals surface area contributed by atoms with Crippen molar-refractivity contribution in [2.75, 3.05) is 26.3 Å². The maximum atomic E-state index is 12.2. The number of nitrogens with zero attached hydrogens (tertiary/aromatic N) is 2. The third-order valence-corrected chi connectivity index (χ3v) is 4.37. The van der Waals surface area contributed by atoms with Crippen LogP contribution < -0.4 is 10.2 Å². The van der Waals surface area contributed by atoms with Gasteiger partial charge in [-0.2, -0.15) is 5.10 Å². The normalized spacial score (nSPS) is 14.5. The van der Waals surface area contributed by atoms with Crippen molar-refractivity contribution in [2.24, 2.45) is 5.10 Å². The molecule has 0 aliphatic carbocycles. The van der Waals surface area contributed by atoms with Gasteiger partial charge in [-0.3, -0.25) is 4.79 Å². The minimum atomic E-state index is -0.424. The Morgan fingerprint density at radius 2 is 2.00 bits per heavy atom. The Kier molecular flexibility index (Phi) is 5.76. The Hall–Kier alpha value is -2.71. The molecule has 0 saturated carbocycles. The molecule has 0 atom stereocenters. The number of thiophene rings is 1. The largest absolute Gasteiger partial charge is 0.415 e. The molecular weight excluding hydrogens is 342 g/mol. The molecule has 2 amide bonds. The number of ether oxygens (including phenoxy) is 2. The summed E-state index contributed by atoms with van der Waals surface area (Å²) in [6.07, 6.45) is 1.03. The molecule has 2 aromatic rings. The molecule has 1 aromatic heterocycles. The SMILES string of the molecule is O=C(NN=Cc1ccccc1OC(=O)N1CCOCC1)c1cccs1. The number of nitrogens with one attached hydrogen (secondary N) is 1. The molecular formula is C17H17N3O4S. The predicted octanol–water partition coefficient (Wildman–Crippen LogP) is 2.34. The lowest BCUT2D eigenvalue weighted by molar-refractivity contribution is 0.0416. The zero-order chi connectivity index (χ0) is 17.5. The lowest BCUT2D eigenvalue weighted by Crippen LogP contribution is -2.42. The Balaban J connectivity index is 1.63. The van der Waals surface area contributed by atoms with Crippen molar-refractivity contribution in [3.8, 4) is 5.75 Å². The maximum Gasteiger partial charge on any atom is 0.415 e. The van der Waals surface area contributed by atoms with Gasteiger partial charge in [0, 0.05) is 18.7 Å². The van der Waals surface area contributed by atoms with Gasteiger partial charge in [-0.15, -0.1) is 11.3 Å². The van der Waals surface area contributed by atoms with E-state index in [0.29, 0.717) is 42.5 Å². The average molecular weight is 359 g/mol. The molecule has 1 aliphatic heterocycles. The minimum Gasteiger partial charge on any atom is -0.410 e. The van der Waals surface area contributed by atoms with Gasteiger partial charge in [-0.25, -0.2) is 10.2 Å². The monoisotopic (exact) mass is 359 g/mol. The standard InChI is InChI=1S/C17H17N3O4S/c21-16(15-6-3-11-25-15)19-18-12-13-4-1-2-5-14(13)24-17(22)20-7-9-23-10-8-20/h1-6,11-12H,7-10H2,(H,19,21). The van der Waals surface area contributed by atoms with Crippen molar-refractivity contribution in [3.63, 3.8) is 0 Å². The molecule has 1 fully saturated rings. The fourth-order valence-corrected chi connectivity index (χ4v) is 2.82. The number of carbonyl (C=O) groups excluding carboxylic acids is 2. The minimum absolute atomic E-state index is 0.283. The van der Waals surface area contributed by atoms with Crippen LogP contribution in [0.4, 0.5) is 4.79 Å². The van der Waals surface area contributed by atoms with Crippen LogP contribution in [0.1, 0.15) is 15.2 Å². The quantitative estimate of drug-likeness (QED) is 0.671. The van der Waals surface area contributed by atoms with Gasteiger partial charge in [0.15, 0.2) is 0 Å². The summed E-state index contributed by atoms with van der Waals surface area (Å²) in [5, 5.41) is 5.75. The first-order valence-electron chi connectivity index (χ1n) is 7.74. The van der Waals surface area contributed by atoms with Crippen LogP contribution in [0.15, 0.2) is 46.9 Å². The first-order chi connectivity index (χ1) is 12.2. The fourth-order valence-electron chi connectivity index (χ4n) is 2.21. The smallest absolute Gasteiger partial charge is 0.410 e. The number of carbonyl (C=O) groups is 2. The highest BCUT2D eigenvalue weighted by Crippen LogP contribution is 2.17. The molecule has 2 heterocycles. The summed E-state index contributed by atoms with van der Waals surface area (Å²) in [5.41, 5.74) is 3.04. The van der Waals surface area contributed by atoms with Gasteiger partial charge in [0.05, 0.1) is 24.3 Å². The highest BCUT2D eigenvalue weighted by Gasteiger charge is 2.19. The summed E-state index contributed by atoms with van der Waals surface area (Å²) in [5.74, 6) is 0.0992. The highest BCUT2D eigenvalue weighted by atomic mass is 32.1. The Morgan fingerprint density at radius 3 is 2.76 bits per heavy atom. The van der Waals surface area contributed by atoms with Crippen molar-refractivity contribution in [1.82, 2.24) is 10.3 Å². The van der Waals surface area contributed by atoms with Crippen LogP contribution in [0.2, 0.25) is 0 Å². The summed E-state index contributed by atoms with van der Waals surface area (Å²) < 4.78 is 10.7. The topological polar surface area (TPSA) is 80.2 Å². The summed E-state index contributed by atoms with van der Waals surface area (Å²) in [7, 11) is 0. The molecule has 0 unspecified atom stereocenters. The van der Waals surface area contributed by atoms with Crippen molar-refractivity contribution in [1.29, 1.82) is 0 Å². The van der Waals surface area contributed by atoms with Crippen LogP contribution in [-0.4, -0.2) is 49.4 Å². The van der Waals surface area contributed by atoms with Crippen molar-refractivity contribution >= 4 is 29.6 Å². The molecule has 0 spiro atoms. The molecule has 8 heteroatoms. The van der Waals surface area contributed by atoms with E-state index in [1.807, 2.05) is 5.38 Å². The molecule has 130 valence electrons. The fraction of sp³-hybridized carbons (Fsp3) is 0.235. The molecule has 1 aromatic carbocycles. The van der Waals surface area contributed by atoms with Crippen LogP contribution in [0.3, 0.4) is 0 Å². The maximum absolute atomic E-state index is 12.2. The Labute approximate surface area is 148 Å². The third kappa shape index (κ3) is 4.65. The van der Waals surface area contributed by atoms with E-state index in [0.717, 1.165) is 0 Å². The van der Waals surface area contributed by atoms with E-state index in [4.69, 9.17) is 9.47 Å². The molecule has 1 saturated heterocycles. The molecule has 25 heavy (non-hydrogen) atoms. The van der Waals surface area contributed by atoms with Gasteiger partial charge < -0.3 is 14.4 Å². The number of benzene rings is 1. The van der Waals surface area contributed by atoms with Crippen LogP contribution in [0.5, 0.6) is 5.75 Å². The second-order valence-electron chi connectivity index (χ2n) is 5.18. The van der Waals surface area contributed by atoms with Crippen LogP contribution in [0.25, 0.3) is 0 Å². The van der Waals surface area contributed by atoms with E-state index >= 15 is 0 Å². The zero-order valence-electron chi connectivity index (χ0n) is 13.4. The van der Waals surface area contributed by atoms with Gasteiger partial charge in [0.25, 0.3) is 5.91 Å². The lowest BCUT2D eigenvalue weighted by atomic mass is 10.2. The van der Waals surface area contributed by atoms with E-state index in [9.17, 15) is 9.59 Å². The van der Waals surface area contributed by atoms with Crippen molar-refractivity contribution < 1.29 is 19.1 Å². The van der Waals surface area contributed by atoms with Crippen LogP contribution in [-0.2, 0) is 4.74 Å². The zero-order valence-corrected chi connectivity index (χ0v) is 14.2. The summed E-state index contributed by atoms with van der Waals surface area (Å²) in [6.45, 7) is 2.03. The van der Waals surface area contributed by atoms with Crippen molar-refractivity contribution in [3.05, 3.63) is 52.2 Å². The Bertz CT molecular complexity index is 755. The second kappa shape index (κ2) is 8.41. The van der Waals surface area contributed by atoms with E-state index < -0.39 is 6.09 Å². The number of hydrazone groups is 1. The van der Waals surface area contributed by atoms with Crippen molar-refractivity contribution in [2.45, 2.75) is 0 Å². The highest BCUT2D eigenvalue weighted by molar-refractivity contribution is 7.12. The number of amides is 2. The third-order valence-electron chi connectivity index (χ3n) is 3.50. The average Bonchev–Trinajstić information content (AvgIpc) is 3.18. The van der Waals surface area contributed by atoms with Gasteiger partial charge in [0.1, 0.15) is 5.75 Å². The number of rotatable bonds is 4. The molecule has 3 rings (SSSR count). The van der Waals surface area contributed by atoms with Crippen LogP contribution >= 0.6 is 11.3 Å². The van der Waals surface area contributed by atoms with Gasteiger partial charge >= 0.3 is 6.09 Å². The molecule has 1 N–H and O–H groups in total. The Morgan fingerprint density at radius 1 is 1.20 bits per heavy atom. The first kappa shape index (κ1) is 17.1. The van der Waals surface area contributed by atoms with E-state index in [2.05, 4.69) is 10.5 Å². The van der Waals surface area contributed by atoms with E-state index in [-0.39, 0.29) is 5.91 Å². The predicted molar refractivity (Wildman–Crippen MR) is 94.2 cm³/mol. The first-order valence-corrected chi connectivity index (χ1v) is 8.62. The van der Waals surface area contributed by atoms with Gasteiger partial charge in [-0.05, 0) is 23.6 Å². The number of hydrogen-bond donors (Lipinski definition) is 1. The number of para-hydroxylation sites is 1. The summed E-state index contributed by atoms with van der Waals surface area (Å²) in [4.78, 5) is 26.2. The summed E-state index contributed by atoms with van der Waals surface area (Å²) >= 11 is 1.33. The second-order valence-corrected chi connectivity index (χ2v) is 6.13. The molecule has 7 nitrogen and oxygen atoms in total. The van der Waals surface area contributed by atoms with Gasteiger partial charge in [-0.1, -0.05) is 18.2 Å². The lowest BCUT2D eigenvalue weighted by Gasteiger charge is -2.26. The van der Waals surface area contributed by atoms with Gasteiger partial charge in [0.2, 0.25) is 0 Å². The number of hydrogen-bond acceptors (Lipinski definition) is 6. The number of morpholine rings is 1. The van der Waals surface area contributed by atoms with E-state index in [1.165, 1.54) is 17.6 Å². The summed E-state index contributed by atoms with van der Waals surface area (Å²) in [6, 6.07) is 10.5. The van der Waals surface area contributed by atoms with E-state index in [1.54, 1.807) is 41.3 Å². The molecule has 0 radical (unpaired) electrons. The molecule has 0 bridgehead atoms. The van der Waals surface area contributed by atoms with Crippen LogP contribution in [0, 0.1) is 0 Å². The molecule has 1 aliphatic rings.